The molecule has 1 aromatic rings. The molecule has 1 rings (SSSR count). The number of esters is 2. The van der Waals surface area contributed by atoms with Crippen LogP contribution in [-0.4, -0.2) is 11.9 Å². The fourth-order valence-electron chi connectivity index (χ4n) is 4.84. The normalized spacial score (nSPS) is 11.0. The lowest BCUT2D eigenvalue weighted by atomic mass is 10.0. The van der Waals surface area contributed by atoms with Gasteiger partial charge in [0.05, 0.1) is 0 Å². The van der Waals surface area contributed by atoms with Gasteiger partial charge in [0.15, 0.2) is 11.5 Å². The molecule has 4 heteroatoms. The molecule has 38 heavy (non-hydrogen) atoms. The minimum absolute atomic E-state index is 0.228. The largest absolute Gasteiger partial charge is 0.423 e. The van der Waals surface area contributed by atoms with Crippen molar-refractivity contribution in [3.63, 3.8) is 0 Å². The van der Waals surface area contributed by atoms with Gasteiger partial charge < -0.3 is 9.47 Å². The summed E-state index contributed by atoms with van der Waals surface area (Å²) in [5, 5.41) is 0. The number of ether oxygens (including phenoxy) is 2. The van der Waals surface area contributed by atoms with E-state index in [1.807, 2.05) is 12.1 Å². The maximum Gasteiger partial charge on any atom is 0.311 e. The molecule has 218 valence electrons. The number of rotatable bonds is 25. The van der Waals surface area contributed by atoms with Crippen molar-refractivity contribution in [1.29, 1.82) is 0 Å². The van der Waals surface area contributed by atoms with Crippen LogP contribution in [0.1, 0.15) is 168 Å². The number of para-hydroxylation sites is 1. The van der Waals surface area contributed by atoms with Gasteiger partial charge >= 0.3 is 11.9 Å². The van der Waals surface area contributed by atoms with E-state index < -0.39 is 0 Å². The van der Waals surface area contributed by atoms with Crippen LogP contribution >= 0.6 is 0 Å². The predicted molar refractivity (Wildman–Crippen MR) is 160 cm³/mol. The number of hydrogen-bond acceptors (Lipinski definition) is 4. The number of hydrogen-bond donors (Lipinski definition) is 0. The minimum Gasteiger partial charge on any atom is -0.423 e. The summed E-state index contributed by atoms with van der Waals surface area (Å²) < 4.78 is 11.6. The molecule has 0 aliphatic heterocycles. The quantitative estimate of drug-likeness (QED) is 0.0716. The lowest BCUT2D eigenvalue weighted by Gasteiger charge is -2.15. The highest BCUT2D eigenvalue weighted by atomic mass is 16.6. The van der Waals surface area contributed by atoms with Crippen LogP contribution in [0.5, 0.6) is 11.5 Å². The molecular weight excluding hydrogens is 472 g/mol. The first kappa shape index (κ1) is 34.2. The van der Waals surface area contributed by atoms with Gasteiger partial charge in [-0.2, -0.15) is 0 Å². The third-order valence-corrected chi connectivity index (χ3v) is 7.27. The average Bonchev–Trinajstić information content (AvgIpc) is 2.91. The zero-order chi connectivity index (χ0) is 27.7. The molecule has 0 amide bonds. The highest BCUT2D eigenvalue weighted by Crippen LogP contribution is 2.33. The van der Waals surface area contributed by atoms with E-state index in [-0.39, 0.29) is 11.9 Å². The van der Waals surface area contributed by atoms with Crippen LogP contribution in [0.2, 0.25) is 0 Å². The first-order valence-corrected chi connectivity index (χ1v) is 16.2. The Labute approximate surface area is 234 Å². The van der Waals surface area contributed by atoms with Crippen LogP contribution in [0, 0.1) is 0 Å². The number of unbranched alkanes of at least 4 members (excludes halogenated alkanes) is 17. The molecule has 0 saturated heterocycles. The Bertz CT molecular complexity index is 727. The number of carbonyl (C=O) groups excluding carboxylic acids is 2. The average molecular weight is 531 g/mol. The third-order valence-electron chi connectivity index (χ3n) is 7.27. The summed E-state index contributed by atoms with van der Waals surface area (Å²) in [6.07, 6.45) is 25.3. The molecule has 0 saturated carbocycles. The maximum absolute atomic E-state index is 12.7. The SMILES string of the molecule is CCCCCCCCCCCCc1cccc(OC(=O)CCCCCCC)c1OC(=O)CCCCCCC. The lowest BCUT2D eigenvalue weighted by Crippen LogP contribution is -2.13. The van der Waals surface area contributed by atoms with Crippen molar-refractivity contribution < 1.29 is 19.1 Å². The van der Waals surface area contributed by atoms with Crippen molar-refractivity contribution in [2.45, 2.75) is 168 Å². The molecule has 0 aromatic heterocycles. The van der Waals surface area contributed by atoms with Crippen molar-refractivity contribution in [3.05, 3.63) is 23.8 Å². The number of aryl methyl sites for hydroxylation is 1. The van der Waals surface area contributed by atoms with E-state index >= 15 is 0 Å². The Hall–Kier alpha value is -1.84. The highest BCUT2D eigenvalue weighted by molar-refractivity contribution is 5.76. The second-order valence-corrected chi connectivity index (χ2v) is 11.0. The molecule has 0 bridgehead atoms. The van der Waals surface area contributed by atoms with Gasteiger partial charge in [-0.3, -0.25) is 9.59 Å². The molecule has 0 spiro atoms. The number of carbonyl (C=O) groups is 2. The van der Waals surface area contributed by atoms with Crippen molar-refractivity contribution in [3.8, 4) is 11.5 Å². The Balaban J connectivity index is 2.63. The monoisotopic (exact) mass is 530 g/mol. The van der Waals surface area contributed by atoms with Gasteiger partial charge in [-0.05, 0) is 37.3 Å². The summed E-state index contributed by atoms with van der Waals surface area (Å²) in [5.41, 5.74) is 0.970. The van der Waals surface area contributed by atoms with Crippen molar-refractivity contribution in [2.75, 3.05) is 0 Å². The van der Waals surface area contributed by atoms with Crippen LogP contribution in [0.4, 0.5) is 0 Å². The summed E-state index contributed by atoms with van der Waals surface area (Å²) in [7, 11) is 0. The van der Waals surface area contributed by atoms with E-state index in [1.54, 1.807) is 6.07 Å². The molecule has 0 radical (unpaired) electrons. The second kappa shape index (κ2) is 24.2. The van der Waals surface area contributed by atoms with Crippen molar-refractivity contribution >= 4 is 11.9 Å². The Kier molecular flexibility index (Phi) is 21.8. The molecule has 1 aromatic carbocycles. The lowest BCUT2D eigenvalue weighted by molar-refractivity contribution is -0.137. The van der Waals surface area contributed by atoms with E-state index in [1.165, 1.54) is 83.5 Å². The highest BCUT2D eigenvalue weighted by Gasteiger charge is 2.18. The zero-order valence-electron chi connectivity index (χ0n) is 25.1. The smallest absolute Gasteiger partial charge is 0.311 e. The topological polar surface area (TPSA) is 52.6 Å². The molecule has 0 aliphatic carbocycles. The molecule has 0 atom stereocenters. The summed E-state index contributed by atoms with van der Waals surface area (Å²) in [6, 6.07) is 5.69. The van der Waals surface area contributed by atoms with Crippen LogP contribution in [0.15, 0.2) is 18.2 Å². The van der Waals surface area contributed by atoms with Crippen LogP contribution in [-0.2, 0) is 16.0 Å². The third kappa shape index (κ3) is 17.6. The Morgan fingerprint density at radius 1 is 0.526 bits per heavy atom. The summed E-state index contributed by atoms with van der Waals surface area (Å²) in [6.45, 7) is 6.63. The molecule has 0 N–H and O–H groups in total. The first-order chi connectivity index (χ1) is 18.6. The maximum atomic E-state index is 12.7. The molecule has 0 heterocycles. The van der Waals surface area contributed by atoms with E-state index in [0.29, 0.717) is 24.3 Å². The Morgan fingerprint density at radius 3 is 1.45 bits per heavy atom. The fraction of sp³-hybridized carbons (Fsp3) is 0.765. The van der Waals surface area contributed by atoms with Gasteiger partial charge in [0.1, 0.15) is 0 Å². The van der Waals surface area contributed by atoms with Crippen molar-refractivity contribution in [2.24, 2.45) is 0 Å². The summed E-state index contributed by atoms with van der Waals surface area (Å²) >= 11 is 0. The molecule has 0 unspecified atom stereocenters. The predicted octanol–water partition coefficient (Wildman–Crippen LogP) is 10.7. The van der Waals surface area contributed by atoms with Gasteiger partial charge in [0, 0.05) is 12.8 Å². The fourth-order valence-corrected chi connectivity index (χ4v) is 4.84. The Morgan fingerprint density at radius 2 is 0.947 bits per heavy atom. The standard InChI is InChI=1S/C34H58O4/c1-4-7-10-13-14-15-16-17-20-21-25-30-26-24-27-31(37-32(35)28-22-18-11-8-5-2)34(30)38-33(36)29-23-19-12-9-6-3/h24,26-27H,4-23,25,28-29H2,1-3H3. The second-order valence-electron chi connectivity index (χ2n) is 11.0. The van der Waals surface area contributed by atoms with Gasteiger partial charge in [-0.1, -0.05) is 142 Å². The number of benzene rings is 1. The van der Waals surface area contributed by atoms with Gasteiger partial charge in [-0.15, -0.1) is 0 Å². The molecule has 4 nitrogen and oxygen atoms in total. The van der Waals surface area contributed by atoms with E-state index in [2.05, 4.69) is 20.8 Å². The van der Waals surface area contributed by atoms with Crippen molar-refractivity contribution in [1.82, 2.24) is 0 Å². The van der Waals surface area contributed by atoms with Crippen LogP contribution in [0.25, 0.3) is 0 Å². The van der Waals surface area contributed by atoms with E-state index in [9.17, 15) is 9.59 Å². The van der Waals surface area contributed by atoms with Crippen LogP contribution < -0.4 is 9.47 Å². The minimum atomic E-state index is -0.241. The molecular formula is C34H58O4. The zero-order valence-corrected chi connectivity index (χ0v) is 25.1. The van der Waals surface area contributed by atoms with E-state index in [0.717, 1.165) is 56.9 Å². The van der Waals surface area contributed by atoms with Gasteiger partial charge in [0.2, 0.25) is 0 Å². The van der Waals surface area contributed by atoms with Crippen LogP contribution in [0.3, 0.4) is 0 Å². The summed E-state index contributed by atoms with van der Waals surface area (Å²) in [4.78, 5) is 25.2. The summed E-state index contributed by atoms with van der Waals surface area (Å²) in [5.74, 6) is 0.386. The van der Waals surface area contributed by atoms with Gasteiger partial charge in [0.25, 0.3) is 0 Å². The first-order valence-electron chi connectivity index (χ1n) is 16.2. The molecule has 0 aliphatic rings. The molecule has 0 fully saturated rings. The van der Waals surface area contributed by atoms with Gasteiger partial charge in [-0.25, -0.2) is 0 Å². The van der Waals surface area contributed by atoms with E-state index in [4.69, 9.17) is 9.47 Å².